The lowest BCUT2D eigenvalue weighted by Crippen LogP contribution is -2.10. The zero-order valence-electron chi connectivity index (χ0n) is 10.3. The molecule has 0 bridgehead atoms. The Morgan fingerprint density at radius 2 is 2.00 bits per heavy atom. The van der Waals surface area contributed by atoms with Crippen molar-refractivity contribution in [2.75, 3.05) is 5.73 Å². The second-order valence-electron chi connectivity index (χ2n) is 4.40. The third-order valence-electron chi connectivity index (χ3n) is 3.28. The van der Waals surface area contributed by atoms with E-state index in [1.165, 1.54) is 0 Å². The molecule has 0 spiro atoms. The van der Waals surface area contributed by atoms with Gasteiger partial charge in [-0.05, 0) is 24.3 Å². The average Bonchev–Trinajstić information content (AvgIpc) is 2.46. The lowest BCUT2D eigenvalue weighted by atomic mass is 9.89. The molecule has 0 saturated carbocycles. The molecule has 1 heterocycles. The van der Waals surface area contributed by atoms with E-state index in [9.17, 15) is 5.26 Å². The van der Waals surface area contributed by atoms with E-state index in [2.05, 4.69) is 6.07 Å². The molecule has 20 heavy (non-hydrogen) atoms. The number of nitrogen functional groups attached to an aromatic ring is 1. The highest BCUT2D eigenvalue weighted by Gasteiger charge is 2.24. The Labute approximate surface area is 120 Å². The predicted octanol–water partition coefficient (Wildman–Crippen LogP) is 3.22. The maximum atomic E-state index is 9.38. The summed E-state index contributed by atoms with van der Waals surface area (Å²) in [7, 11) is 0. The van der Waals surface area contributed by atoms with Gasteiger partial charge in [-0.1, -0.05) is 11.6 Å². The first-order valence-electron chi connectivity index (χ1n) is 5.84. The van der Waals surface area contributed by atoms with Gasteiger partial charge in [0.1, 0.15) is 24.5 Å². The molecule has 0 aliphatic carbocycles. The number of benzene rings is 2. The summed E-state index contributed by atoms with van der Waals surface area (Å²) in [4.78, 5) is 0. The zero-order valence-corrected chi connectivity index (χ0v) is 11.0. The smallest absolute Gasteiger partial charge is 0.127 e. The molecule has 2 aromatic carbocycles. The van der Waals surface area contributed by atoms with Crippen LogP contribution in [0.3, 0.4) is 0 Å². The monoisotopic (exact) mass is 281 g/mol. The van der Waals surface area contributed by atoms with Crippen LogP contribution in [0.2, 0.25) is 5.02 Å². The lowest BCUT2D eigenvalue weighted by Gasteiger charge is -2.23. The van der Waals surface area contributed by atoms with E-state index in [-0.39, 0.29) is 11.3 Å². The molecule has 2 N–H and O–H groups in total. The van der Waals surface area contributed by atoms with E-state index in [1.807, 2.05) is 6.07 Å². The SMILES string of the molecule is N#Cc1cc2c(c(C#N)c1N)-c1cc(Cl)ccc1OC2. The molecule has 1 aliphatic heterocycles. The highest BCUT2D eigenvalue weighted by Crippen LogP contribution is 2.43. The van der Waals surface area contributed by atoms with Gasteiger partial charge in [-0.3, -0.25) is 0 Å². The number of nitrogens with zero attached hydrogens (tertiary/aromatic N) is 2. The number of ether oxygens (including phenoxy) is 1. The molecule has 2 aromatic rings. The maximum absolute atomic E-state index is 9.38. The molecule has 0 atom stereocenters. The summed E-state index contributed by atoms with van der Waals surface area (Å²) in [6, 6.07) is 11.0. The van der Waals surface area contributed by atoms with E-state index in [0.29, 0.717) is 28.5 Å². The van der Waals surface area contributed by atoms with Crippen molar-refractivity contribution < 1.29 is 4.74 Å². The maximum Gasteiger partial charge on any atom is 0.127 e. The van der Waals surface area contributed by atoms with Gasteiger partial charge in [0.15, 0.2) is 0 Å². The van der Waals surface area contributed by atoms with Crippen LogP contribution in [0.1, 0.15) is 16.7 Å². The molecular weight excluding hydrogens is 274 g/mol. The van der Waals surface area contributed by atoms with Gasteiger partial charge in [0, 0.05) is 21.7 Å². The number of anilines is 1. The van der Waals surface area contributed by atoms with Gasteiger partial charge in [0.2, 0.25) is 0 Å². The first-order valence-corrected chi connectivity index (χ1v) is 6.21. The number of nitriles is 2. The Morgan fingerprint density at radius 1 is 1.20 bits per heavy atom. The number of halogens is 1. The van der Waals surface area contributed by atoms with Crippen molar-refractivity contribution in [3.63, 3.8) is 0 Å². The van der Waals surface area contributed by atoms with Crippen molar-refractivity contribution in [1.29, 1.82) is 10.5 Å². The first kappa shape index (κ1) is 12.3. The zero-order chi connectivity index (χ0) is 14.3. The second kappa shape index (κ2) is 4.45. The van der Waals surface area contributed by atoms with Crippen LogP contribution in [-0.4, -0.2) is 0 Å². The highest BCUT2D eigenvalue weighted by atomic mass is 35.5. The van der Waals surface area contributed by atoms with E-state index in [4.69, 9.17) is 27.3 Å². The molecule has 1 aliphatic rings. The summed E-state index contributed by atoms with van der Waals surface area (Å²) < 4.78 is 5.63. The van der Waals surface area contributed by atoms with Crippen LogP contribution < -0.4 is 10.5 Å². The topological polar surface area (TPSA) is 82.8 Å². The molecule has 96 valence electrons. The fourth-order valence-corrected chi connectivity index (χ4v) is 2.54. The van der Waals surface area contributed by atoms with E-state index < -0.39 is 0 Å². The average molecular weight is 282 g/mol. The molecule has 3 rings (SSSR count). The fraction of sp³-hybridized carbons (Fsp3) is 0.0667. The van der Waals surface area contributed by atoms with Crippen LogP contribution >= 0.6 is 11.6 Å². The summed E-state index contributed by atoms with van der Waals surface area (Å²) in [6.45, 7) is 0.299. The molecule has 0 unspecified atom stereocenters. The van der Waals surface area contributed by atoms with Crippen LogP contribution in [0.4, 0.5) is 5.69 Å². The summed E-state index contributed by atoms with van der Waals surface area (Å²) >= 11 is 6.01. The van der Waals surface area contributed by atoms with Gasteiger partial charge in [-0.15, -0.1) is 0 Å². The van der Waals surface area contributed by atoms with Gasteiger partial charge >= 0.3 is 0 Å². The summed E-state index contributed by atoms with van der Waals surface area (Å²) in [6.07, 6.45) is 0. The summed E-state index contributed by atoms with van der Waals surface area (Å²) in [5, 5.41) is 19.0. The fourth-order valence-electron chi connectivity index (χ4n) is 2.36. The molecule has 0 aromatic heterocycles. The van der Waals surface area contributed by atoms with Crippen LogP contribution in [0.5, 0.6) is 5.75 Å². The number of rotatable bonds is 0. The van der Waals surface area contributed by atoms with Gasteiger partial charge in [-0.2, -0.15) is 10.5 Å². The van der Waals surface area contributed by atoms with Gasteiger partial charge < -0.3 is 10.5 Å². The first-order chi connectivity index (χ1) is 9.65. The van der Waals surface area contributed by atoms with E-state index in [0.717, 1.165) is 11.1 Å². The summed E-state index contributed by atoms with van der Waals surface area (Å²) in [5.41, 5.74) is 8.88. The quantitative estimate of drug-likeness (QED) is 0.752. The van der Waals surface area contributed by atoms with Gasteiger partial charge in [-0.25, -0.2) is 0 Å². The normalized spacial score (nSPS) is 11.6. The number of fused-ring (bicyclic) bond motifs is 3. The van der Waals surface area contributed by atoms with Gasteiger partial charge in [0.25, 0.3) is 0 Å². The Morgan fingerprint density at radius 3 is 2.70 bits per heavy atom. The van der Waals surface area contributed by atoms with Crippen LogP contribution in [0.25, 0.3) is 11.1 Å². The predicted molar refractivity (Wildman–Crippen MR) is 75.1 cm³/mol. The van der Waals surface area contributed by atoms with Crippen LogP contribution in [0, 0.1) is 22.7 Å². The molecule has 0 amide bonds. The Bertz CT molecular complexity index is 815. The Hall–Kier alpha value is -2.69. The van der Waals surface area contributed by atoms with Crippen LogP contribution in [-0.2, 0) is 6.61 Å². The molecule has 5 heteroatoms. The summed E-state index contributed by atoms with van der Waals surface area (Å²) in [5.74, 6) is 0.655. The number of hydrogen-bond acceptors (Lipinski definition) is 4. The van der Waals surface area contributed by atoms with Gasteiger partial charge in [0.05, 0.1) is 16.8 Å². The third-order valence-corrected chi connectivity index (χ3v) is 3.51. The Balaban J connectivity index is 2.41. The van der Waals surface area contributed by atoms with Crippen molar-refractivity contribution in [2.45, 2.75) is 6.61 Å². The van der Waals surface area contributed by atoms with Crippen molar-refractivity contribution in [2.24, 2.45) is 0 Å². The highest BCUT2D eigenvalue weighted by molar-refractivity contribution is 6.31. The largest absolute Gasteiger partial charge is 0.488 e. The standard InChI is InChI=1S/C15H8ClN3O/c16-10-1-2-13-11(4-10)14-9(7-20-13)3-8(5-17)15(19)12(14)6-18/h1-4H,7,19H2. The lowest BCUT2D eigenvalue weighted by molar-refractivity contribution is 0.302. The van der Waals surface area contributed by atoms with E-state index in [1.54, 1.807) is 24.3 Å². The molecule has 4 nitrogen and oxygen atoms in total. The molecule has 0 fully saturated rings. The van der Waals surface area contributed by atoms with Crippen molar-refractivity contribution in [3.05, 3.63) is 46.0 Å². The molecular formula is C15H8ClN3O. The minimum Gasteiger partial charge on any atom is -0.488 e. The van der Waals surface area contributed by atoms with Crippen molar-refractivity contribution in [3.8, 4) is 29.0 Å². The molecule has 0 saturated heterocycles. The Kier molecular flexibility index (Phi) is 2.75. The van der Waals surface area contributed by atoms with Crippen LogP contribution in [0.15, 0.2) is 24.3 Å². The van der Waals surface area contributed by atoms with Crippen molar-refractivity contribution >= 4 is 17.3 Å². The third kappa shape index (κ3) is 1.67. The van der Waals surface area contributed by atoms with E-state index >= 15 is 0 Å². The number of nitrogens with two attached hydrogens (primary N) is 1. The second-order valence-corrected chi connectivity index (χ2v) is 4.84. The minimum absolute atomic E-state index is 0.196. The molecule has 0 radical (unpaired) electrons. The van der Waals surface area contributed by atoms with Crippen molar-refractivity contribution in [1.82, 2.24) is 0 Å². The minimum atomic E-state index is 0.196. The number of hydrogen-bond donors (Lipinski definition) is 1.